The van der Waals surface area contributed by atoms with Crippen molar-refractivity contribution in [1.82, 2.24) is 29.8 Å². The fourth-order valence-corrected chi connectivity index (χ4v) is 3.46. The van der Waals surface area contributed by atoms with E-state index in [1.54, 1.807) is 35.0 Å². The highest BCUT2D eigenvalue weighted by atomic mass is 16.2. The maximum absolute atomic E-state index is 12.3. The van der Waals surface area contributed by atoms with E-state index in [-0.39, 0.29) is 36.3 Å². The SMILES string of the molecule is Cc1cc(C)n(-c2ccc(=O)n(CCNC(=O)CN3C(=O)c4ccccc4C3=O)n2)n1. The van der Waals surface area contributed by atoms with Gasteiger partial charge in [0.15, 0.2) is 5.82 Å². The first-order chi connectivity index (χ1) is 14.8. The van der Waals surface area contributed by atoms with E-state index in [0.717, 1.165) is 16.3 Å². The Balaban J connectivity index is 1.38. The highest BCUT2D eigenvalue weighted by molar-refractivity contribution is 6.22. The van der Waals surface area contributed by atoms with Gasteiger partial charge in [-0.25, -0.2) is 9.36 Å². The van der Waals surface area contributed by atoms with Gasteiger partial charge < -0.3 is 5.32 Å². The molecular formula is C21H20N6O4. The lowest BCUT2D eigenvalue weighted by molar-refractivity contribution is -0.121. The van der Waals surface area contributed by atoms with Crippen molar-refractivity contribution in [3.05, 3.63) is 75.3 Å². The van der Waals surface area contributed by atoms with Crippen LogP contribution in [0.2, 0.25) is 0 Å². The molecule has 1 aliphatic heterocycles. The summed E-state index contributed by atoms with van der Waals surface area (Å²) >= 11 is 0. The van der Waals surface area contributed by atoms with Gasteiger partial charge in [0, 0.05) is 18.3 Å². The van der Waals surface area contributed by atoms with Crippen molar-refractivity contribution in [3.8, 4) is 5.82 Å². The van der Waals surface area contributed by atoms with Crippen molar-refractivity contribution < 1.29 is 14.4 Å². The van der Waals surface area contributed by atoms with Crippen LogP contribution in [0.15, 0.2) is 47.3 Å². The number of amides is 3. The van der Waals surface area contributed by atoms with Crippen LogP contribution in [-0.4, -0.2) is 55.3 Å². The summed E-state index contributed by atoms with van der Waals surface area (Å²) < 4.78 is 2.86. The first-order valence-electron chi connectivity index (χ1n) is 9.69. The quantitative estimate of drug-likeness (QED) is 0.579. The van der Waals surface area contributed by atoms with Crippen LogP contribution < -0.4 is 10.9 Å². The van der Waals surface area contributed by atoms with E-state index in [4.69, 9.17) is 0 Å². The molecule has 2 aromatic heterocycles. The topological polar surface area (TPSA) is 119 Å². The Labute approximate surface area is 177 Å². The minimum atomic E-state index is -0.503. The van der Waals surface area contributed by atoms with Crippen LogP contribution in [0, 0.1) is 13.8 Å². The van der Waals surface area contributed by atoms with Gasteiger partial charge in [0.05, 0.1) is 23.4 Å². The fourth-order valence-electron chi connectivity index (χ4n) is 3.46. The maximum atomic E-state index is 12.3. The number of hydrogen-bond acceptors (Lipinski definition) is 6. The predicted octanol–water partition coefficient (Wildman–Crippen LogP) is 0.458. The molecule has 3 aromatic rings. The Morgan fingerprint density at radius 2 is 1.65 bits per heavy atom. The second kappa shape index (κ2) is 7.98. The molecule has 0 radical (unpaired) electrons. The standard InChI is InChI=1S/C21H20N6O4/c1-13-11-14(2)27(23-13)17-7-8-19(29)26(24-17)10-9-22-18(28)12-25-20(30)15-5-3-4-6-16(15)21(25)31/h3-8,11H,9-10,12H2,1-2H3,(H,22,28). The molecule has 1 aliphatic rings. The van der Waals surface area contributed by atoms with Crippen LogP contribution in [0.1, 0.15) is 32.1 Å². The van der Waals surface area contributed by atoms with Gasteiger partial charge in [-0.15, -0.1) is 5.10 Å². The highest BCUT2D eigenvalue weighted by Gasteiger charge is 2.36. The molecule has 0 saturated carbocycles. The number of aromatic nitrogens is 4. The summed E-state index contributed by atoms with van der Waals surface area (Å²) in [6, 6.07) is 11.3. The van der Waals surface area contributed by atoms with Crippen molar-refractivity contribution in [2.45, 2.75) is 20.4 Å². The van der Waals surface area contributed by atoms with Crippen LogP contribution >= 0.6 is 0 Å². The molecule has 0 saturated heterocycles. The molecule has 1 N–H and O–H groups in total. The van der Waals surface area contributed by atoms with E-state index in [1.165, 1.54) is 10.7 Å². The zero-order valence-corrected chi connectivity index (χ0v) is 17.0. The number of benzene rings is 1. The van der Waals surface area contributed by atoms with Gasteiger partial charge in [0.25, 0.3) is 17.4 Å². The normalized spacial score (nSPS) is 12.9. The van der Waals surface area contributed by atoms with Gasteiger partial charge in [0.2, 0.25) is 5.91 Å². The van der Waals surface area contributed by atoms with Gasteiger partial charge >= 0.3 is 0 Å². The summed E-state index contributed by atoms with van der Waals surface area (Å²) in [5, 5.41) is 11.3. The summed E-state index contributed by atoms with van der Waals surface area (Å²) in [6.07, 6.45) is 0. The molecule has 158 valence electrons. The van der Waals surface area contributed by atoms with Gasteiger partial charge in [-0.05, 0) is 38.1 Å². The van der Waals surface area contributed by atoms with Gasteiger partial charge in [0.1, 0.15) is 6.54 Å². The molecule has 31 heavy (non-hydrogen) atoms. The number of rotatable bonds is 6. The average molecular weight is 420 g/mol. The number of fused-ring (bicyclic) bond motifs is 1. The molecule has 10 nitrogen and oxygen atoms in total. The monoisotopic (exact) mass is 420 g/mol. The number of carbonyl (C=O) groups is 3. The first kappa shape index (κ1) is 20.2. The Bertz CT molecular complexity index is 1220. The Morgan fingerprint density at radius 3 is 2.26 bits per heavy atom. The van der Waals surface area contributed by atoms with Crippen LogP contribution in [0.4, 0.5) is 0 Å². The summed E-state index contributed by atoms with van der Waals surface area (Å²) in [5.41, 5.74) is 1.97. The van der Waals surface area contributed by atoms with Crippen molar-refractivity contribution in [3.63, 3.8) is 0 Å². The van der Waals surface area contributed by atoms with E-state index in [2.05, 4.69) is 15.5 Å². The van der Waals surface area contributed by atoms with E-state index in [0.29, 0.717) is 5.82 Å². The van der Waals surface area contributed by atoms with Gasteiger partial charge in [-0.1, -0.05) is 12.1 Å². The molecule has 3 heterocycles. The molecule has 0 atom stereocenters. The van der Waals surface area contributed by atoms with E-state index in [9.17, 15) is 19.2 Å². The van der Waals surface area contributed by atoms with E-state index >= 15 is 0 Å². The molecule has 3 amide bonds. The molecule has 1 aromatic carbocycles. The second-order valence-electron chi connectivity index (χ2n) is 7.18. The Kier molecular flexibility index (Phi) is 5.20. The third kappa shape index (κ3) is 3.87. The van der Waals surface area contributed by atoms with Crippen molar-refractivity contribution in [1.29, 1.82) is 0 Å². The number of aryl methyl sites for hydroxylation is 2. The van der Waals surface area contributed by atoms with Crippen LogP contribution in [0.3, 0.4) is 0 Å². The third-order valence-electron chi connectivity index (χ3n) is 4.90. The van der Waals surface area contributed by atoms with Crippen molar-refractivity contribution >= 4 is 17.7 Å². The summed E-state index contributed by atoms with van der Waals surface area (Å²) in [4.78, 5) is 50.0. The molecule has 4 rings (SSSR count). The number of nitrogens with zero attached hydrogens (tertiary/aromatic N) is 5. The zero-order chi connectivity index (χ0) is 22.1. The molecular weight excluding hydrogens is 400 g/mol. The smallest absolute Gasteiger partial charge is 0.266 e. The number of hydrogen-bond donors (Lipinski definition) is 1. The lowest BCUT2D eigenvalue weighted by Gasteiger charge is -2.14. The third-order valence-corrected chi connectivity index (χ3v) is 4.90. The number of carbonyl (C=O) groups excluding carboxylic acids is 3. The van der Waals surface area contributed by atoms with Crippen molar-refractivity contribution in [2.24, 2.45) is 0 Å². The first-order valence-corrected chi connectivity index (χ1v) is 9.69. The van der Waals surface area contributed by atoms with Crippen LogP contribution in [0.5, 0.6) is 0 Å². The highest BCUT2D eigenvalue weighted by Crippen LogP contribution is 2.21. The van der Waals surface area contributed by atoms with Crippen LogP contribution in [-0.2, 0) is 11.3 Å². The van der Waals surface area contributed by atoms with Gasteiger partial charge in [-0.2, -0.15) is 5.10 Å². The fraction of sp³-hybridized carbons (Fsp3) is 0.238. The maximum Gasteiger partial charge on any atom is 0.266 e. The van der Waals surface area contributed by atoms with E-state index in [1.807, 2.05) is 19.9 Å². The largest absolute Gasteiger partial charge is 0.353 e. The van der Waals surface area contributed by atoms with Crippen LogP contribution in [0.25, 0.3) is 5.82 Å². The zero-order valence-electron chi connectivity index (χ0n) is 17.0. The molecule has 0 unspecified atom stereocenters. The minimum Gasteiger partial charge on any atom is -0.353 e. The van der Waals surface area contributed by atoms with Gasteiger partial charge in [-0.3, -0.25) is 24.1 Å². The summed E-state index contributed by atoms with van der Waals surface area (Å²) in [7, 11) is 0. The minimum absolute atomic E-state index is 0.107. The lowest BCUT2D eigenvalue weighted by Crippen LogP contribution is -2.41. The Hall–Kier alpha value is -4.08. The molecule has 0 spiro atoms. The molecule has 0 aliphatic carbocycles. The summed E-state index contributed by atoms with van der Waals surface area (Å²) in [5.74, 6) is -1.00. The molecule has 0 fully saturated rings. The van der Waals surface area contributed by atoms with Crippen molar-refractivity contribution in [2.75, 3.05) is 13.1 Å². The molecule has 0 bridgehead atoms. The average Bonchev–Trinajstić information content (AvgIpc) is 3.21. The number of nitrogens with one attached hydrogen (secondary N) is 1. The summed E-state index contributed by atoms with van der Waals surface area (Å²) in [6.45, 7) is 3.59. The molecule has 10 heteroatoms. The van der Waals surface area contributed by atoms with E-state index < -0.39 is 17.7 Å². The Morgan fingerprint density at radius 1 is 0.968 bits per heavy atom. The predicted molar refractivity (Wildman–Crippen MR) is 110 cm³/mol. The number of imide groups is 1. The second-order valence-corrected chi connectivity index (χ2v) is 7.18. The lowest BCUT2D eigenvalue weighted by atomic mass is 10.1.